The lowest BCUT2D eigenvalue weighted by molar-refractivity contribution is -0.0541. The number of aromatic nitrogens is 1. The zero-order valence-electron chi connectivity index (χ0n) is 11.5. The number of pyridine rings is 1. The summed E-state index contributed by atoms with van der Waals surface area (Å²) in [5.41, 5.74) is 0.293. The molecule has 3 heterocycles. The number of nitrogens with zero attached hydrogens (tertiary/aromatic N) is 1. The second-order valence-electron chi connectivity index (χ2n) is 4.92. The monoisotopic (exact) mass is 340 g/mol. The highest BCUT2D eigenvalue weighted by molar-refractivity contribution is 9.10. The first-order valence-corrected chi connectivity index (χ1v) is 7.38. The van der Waals surface area contributed by atoms with Crippen LogP contribution in [0.25, 0.3) is 11.0 Å². The Morgan fingerprint density at radius 2 is 2.10 bits per heavy atom. The van der Waals surface area contributed by atoms with Crippen LogP contribution in [0.3, 0.4) is 0 Å². The van der Waals surface area contributed by atoms with Crippen LogP contribution in [-0.4, -0.2) is 32.3 Å². The molecule has 0 amide bonds. The van der Waals surface area contributed by atoms with Crippen LogP contribution >= 0.6 is 15.9 Å². The molecule has 1 fully saturated rings. The summed E-state index contributed by atoms with van der Waals surface area (Å²) in [5.74, 6) is 1.33. The second-order valence-corrected chi connectivity index (χ2v) is 5.77. The summed E-state index contributed by atoms with van der Waals surface area (Å²) in [7, 11) is 3.33. The topological polar surface area (TPSA) is 56.5 Å². The first-order valence-electron chi connectivity index (χ1n) is 6.58. The Labute approximate surface area is 125 Å². The molecule has 0 aliphatic carbocycles. The van der Waals surface area contributed by atoms with Gasteiger partial charge in [0.2, 0.25) is 0 Å². The normalized spacial score (nSPS) is 18.4. The maximum absolute atomic E-state index is 6.03. The number of piperidine rings is 1. The molecule has 0 aromatic carbocycles. The van der Waals surface area contributed by atoms with Crippen molar-refractivity contribution in [2.75, 3.05) is 27.3 Å². The van der Waals surface area contributed by atoms with Crippen LogP contribution in [0.2, 0.25) is 0 Å². The highest BCUT2D eigenvalue weighted by Gasteiger charge is 2.37. The SMILES string of the molecule is COc1ncc(Br)c2cc(C3(OC)CCNCC3)oc12. The van der Waals surface area contributed by atoms with Crippen LogP contribution in [0.1, 0.15) is 18.6 Å². The fourth-order valence-corrected chi connectivity index (χ4v) is 3.12. The Bertz CT molecular complexity index is 620. The lowest BCUT2D eigenvalue weighted by Crippen LogP contribution is -2.40. The fourth-order valence-electron chi connectivity index (χ4n) is 2.72. The van der Waals surface area contributed by atoms with Crippen molar-refractivity contribution < 1.29 is 13.9 Å². The minimum Gasteiger partial charge on any atom is -0.478 e. The van der Waals surface area contributed by atoms with E-state index < -0.39 is 0 Å². The third-order valence-electron chi connectivity index (χ3n) is 3.92. The van der Waals surface area contributed by atoms with Crippen LogP contribution < -0.4 is 10.1 Å². The number of methoxy groups -OCH3 is 2. The number of fused-ring (bicyclic) bond motifs is 1. The van der Waals surface area contributed by atoms with Crippen molar-refractivity contribution in [3.8, 4) is 5.88 Å². The van der Waals surface area contributed by atoms with Crippen LogP contribution in [-0.2, 0) is 10.3 Å². The van der Waals surface area contributed by atoms with Gasteiger partial charge in [0, 0.05) is 23.2 Å². The Morgan fingerprint density at radius 1 is 1.35 bits per heavy atom. The maximum atomic E-state index is 6.03. The smallest absolute Gasteiger partial charge is 0.258 e. The van der Waals surface area contributed by atoms with E-state index in [9.17, 15) is 0 Å². The highest BCUT2D eigenvalue weighted by atomic mass is 79.9. The first kappa shape index (κ1) is 13.9. The predicted octanol–water partition coefficient (Wildman–Crippen LogP) is 2.82. The lowest BCUT2D eigenvalue weighted by atomic mass is 9.89. The van der Waals surface area contributed by atoms with Crippen LogP contribution in [0.5, 0.6) is 5.88 Å². The largest absolute Gasteiger partial charge is 0.478 e. The molecule has 2 aromatic rings. The summed E-state index contributed by atoms with van der Waals surface area (Å²) in [6.07, 6.45) is 3.50. The van der Waals surface area contributed by atoms with Gasteiger partial charge in [-0.2, -0.15) is 0 Å². The molecule has 0 radical (unpaired) electrons. The van der Waals surface area contributed by atoms with Crippen molar-refractivity contribution in [3.63, 3.8) is 0 Å². The number of nitrogens with one attached hydrogen (secondary N) is 1. The van der Waals surface area contributed by atoms with Gasteiger partial charge in [-0.1, -0.05) is 0 Å². The molecular weight excluding hydrogens is 324 g/mol. The Hall–Kier alpha value is -1.11. The van der Waals surface area contributed by atoms with E-state index in [1.165, 1.54) is 0 Å². The molecule has 5 nitrogen and oxygen atoms in total. The molecule has 0 bridgehead atoms. The number of hydrogen-bond donors (Lipinski definition) is 1. The van der Waals surface area contributed by atoms with Gasteiger partial charge in [0.05, 0.1) is 7.11 Å². The van der Waals surface area contributed by atoms with Gasteiger partial charge in [-0.15, -0.1) is 0 Å². The lowest BCUT2D eigenvalue weighted by Gasteiger charge is -2.34. The van der Waals surface area contributed by atoms with Crippen molar-refractivity contribution in [3.05, 3.63) is 22.5 Å². The minimum absolute atomic E-state index is 0.366. The van der Waals surface area contributed by atoms with Gasteiger partial charge < -0.3 is 19.2 Å². The Balaban J connectivity index is 2.14. The Morgan fingerprint density at radius 3 is 2.75 bits per heavy atom. The summed E-state index contributed by atoms with van der Waals surface area (Å²) < 4.78 is 18.0. The molecule has 0 spiro atoms. The van der Waals surface area contributed by atoms with E-state index in [1.54, 1.807) is 20.4 Å². The number of hydrogen-bond acceptors (Lipinski definition) is 5. The quantitative estimate of drug-likeness (QED) is 0.930. The van der Waals surface area contributed by atoms with Crippen molar-refractivity contribution in [2.24, 2.45) is 0 Å². The van der Waals surface area contributed by atoms with Crippen molar-refractivity contribution in [1.82, 2.24) is 10.3 Å². The van der Waals surface area contributed by atoms with Gasteiger partial charge in [0.15, 0.2) is 5.58 Å². The van der Waals surface area contributed by atoms with E-state index in [0.717, 1.165) is 41.6 Å². The van der Waals surface area contributed by atoms with Gasteiger partial charge in [-0.25, -0.2) is 4.98 Å². The number of halogens is 1. The van der Waals surface area contributed by atoms with Gasteiger partial charge in [0.1, 0.15) is 11.4 Å². The molecule has 2 aromatic heterocycles. The van der Waals surface area contributed by atoms with E-state index in [0.29, 0.717) is 11.5 Å². The summed E-state index contributed by atoms with van der Waals surface area (Å²) in [4.78, 5) is 4.22. The van der Waals surface area contributed by atoms with Crippen molar-refractivity contribution >= 4 is 26.9 Å². The third kappa shape index (κ3) is 2.12. The number of ether oxygens (including phenoxy) is 2. The standard InChI is InChI=1S/C14H17BrN2O3/c1-18-13-12-9(10(15)8-17-13)7-11(20-12)14(19-2)3-5-16-6-4-14/h7-8,16H,3-6H2,1-2H3. The van der Waals surface area contributed by atoms with Gasteiger partial charge in [-0.3, -0.25) is 0 Å². The first-order chi connectivity index (χ1) is 9.70. The van der Waals surface area contributed by atoms with E-state index in [1.807, 2.05) is 6.07 Å². The highest BCUT2D eigenvalue weighted by Crippen LogP contribution is 2.40. The molecule has 0 saturated carbocycles. The van der Waals surface area contributed by atoms with E-state index in [2.05, 4.69) is 26.2 Å². The number of rotatable bonds is 3. The molecule has 108 valence electrons. The molecule has 0 unspecified atom stereocenters. The Kier molecular flexibility index (Phi) is 3.70. The summed E-state index contributed by atoms with van der Waals surface area (Å²) >= 11 is 3.51. The van der Waals surface area contributed by atoms with Crippen LogP contribution in [0.4, 0.5) is 0 Å². The minimum atomic E-state index is -0.366. The average molecular weight is 341 g/mol. The molecule has 1 saturated heterocycles. The molecule has 3 rings (SSSR count). The van der Waals surface area contributed by atoms with E-state index in [-0.39, 0.29) is 5.60 Å². The molecule has 1 aliphatic heterocycles. The van der Waals surface area contributed by atoms with Gasteiger partial charge >= 0.3 is 0 Å². The van der Waals surface area contributed by atoms with Crippen LogP contribution in [0.15, 0.2) is 21.2 Å². The molecule has 1 N–H and O–H groups in total. The summed E-state index contributed by atoms with van der Waals surface area (Å²) in [5, 5.41) is 4.30. The average Bonchev–Trinajstić information content (AvgIpc) is 2.95. The third-order valence-corrected chi connectivity index (χ3v) is 4.56. The van der Waals surface area contributed by atoms with Crippen molar-refractivity contribution in [1.29, 1.82) is 0 Å². The number of furan rings is 1. The van der Waals surface area contributed by atoms with Gasteiger partial charge in [-0.05, 0) is 47.9 Å². The van der Waals surface area contributed by atoms with E-state index >= 15 is 0 Å². The summed E-state index contributed by atoms with van der Waals surface area (Å²) in [6, 6.07) is 2.03. The second kappa shape index (κ2) is 5.35. The van der Waals surface area contributed by atoms with E-state index in [4.69, 9.17) is 13.9 Å². The molecule has 20 heavy (non-hydrogen) atoms. The van der Waals surface area contributed by atoms with Crippen molar-refractivity contribution in [2.45, 2.75) is 18.4 Å². The zero-order valence-corrected chi connectivity index (χ0v) is 13.1. The predicted molar refractivity (Wildman–Crippen MR) is 79.1 cm³/mol. The molecule has 6 heteroatoms. The van der Waals surface area contributed by atoms with Crippen LogP contribution in [0, 0.1) is 0 Å². The molecule has 0 atom stereocenters. The zero-order chi connectivity index (χ0) is 14.2. The van der Waals surface area contributed by atoms with Gasteiger partial charge in [0.25, 0.3) is 5.88 Å². The summed E-state index contributed by atoms with van der Waals surface area (Å²) in [6.45, 7) is 1.84. The fraction of sp³-hybridized carbons (Fsp3) is 0.500. The maximum Gasteiger partial charge on any atom is 0.258 e. The molecule has 1 aliphatic rings. The molecular formula is C14H17BrN2O3.